The van der Waals surface area contributed by atoms with Gasteiger partial charge in [0.1, 0.15) is 5.60 Å². The lowest BCUT2D eigenvalue weighted by Gasteiger charge is -2.17. The molecule has 1 aromatic carbocycles. The van der Waals surface area contributed by atoms with Crippen molar-refractivity contribution in [3.63, 3.8) is 0 Å². The molecule has 0 aliphatic rings. The number of nitrogens with one attached hydrogen (secondary N) is 1. The predicted octanol–water partition coefficient (Wildman–Crippen LogP) is 2.41. The summed E-state index contributed by atoms with van der Waals surface area (Å²) in [6, 6.07) is 4.21. The second-order valence-corrected chi connectivity index (χ2v) is 4.09. The van der Waals surface area contributed by atoms with E-state index in [-0.39, 0.29) is 5.69 Å². The SMILES string of the molecule is CC(C)(O)C(=O)Nc1cccc(C(F)(F)F)c1. The number of rotatable bonds is 2. The normalized spacial score (nSPS) is 12.4. The molecular weight excluding hydrogens is 235 g/mol. The Morgan fingerprint density at radius 1 is 1.29 bits per heavy atom. The molecule has 0 heterocycles. The van der Waals surface area contributed by atoms with Crippen LogP contribution in [0.4, 0.5) is 18.9 Å². The minimum absolute atomic E-state index is 0.00745. The van der Waals surface area contributed by atoms with Crippen LogP contribution in [0, 0.1) is 0 Å². The number of hydrogen-bond donors (Lipinski definition) is 2. The minimum atomic E-state index is -4.46. The van der Waals surface area contributed by atoms with Crippen LogP contribution in [-0.4, -0.2) is 16.6 Å². The van der Waals surface area contributed by atoms with Gasteiger partial charge in [-0.15, -0.1) is 0 Å². The summed E-state index contributed by atoms with van der Waals surface area (Å²) in [5.41, 5.74) is -2.51. The maximum atomic E-state index is 12.4. The van der Waals surface area contributed by atoms with Crippen LogP contribution >= 0.6 is 0 Å². The van der Waals surface area contributed by atoms with Gasteiger partial charge in [-0.1, -0.05) is 6.07 Å². The Labute approximate surface area is 96.3 Å². The summed E-state index contributed by atoms with van der Waals surface area (Å²) in [6.45, 7) is 2.49. The molecule has 17 heavy (non-hydrogen) atoms. The molecule has 0 spiro atoms. The summed E-state index contributed by atoms with van der Waals surface area (Å²) >= 11 is 0. The van der Waals surface area contributed by atoms with Gasteiger partial charge in [0.2, 0.25) is 0 Å². The van der Waals surface area contributed by atoms with Crippen molar-refractivity contribution in [2.24, 2.45) is 0 Å². The van der Waals surface area contributed by atoms with Gasteiger partial charge in [0, 0.05) is 5.69 Å². The zero-order chi connectivity index (χ0) is 13.3. The molecule has 1 amide bonds. The number of aliphatic hydroxyl groups is 1. The van der Waals surface area contributed by atoms with Gasteiger partial charge in [-0.2, -0.15) is 13.2 Å². The van der Waals surface area contributed by atoms with Gasteiger partial charge in [-0.05, 0) is 32.0 Å². The standard InChI is InChI=1S/C11H12F3NO2/c1-10(2,17)9(16)15-8-5-3-4-7(6-8)11(12,13)14/h3-6,17H,1-2H3,(H,15,16). The van der Waals surface area contributed by atoms with Crippen molar-refractivity contribution in [3.05, 3.63) is 29.8 Å². The average Bonchev–Trinajstić information content (AvgIpc) is 2.15. The van der Waals surface area contributed by atoms with E-state index in [9.17, 15) is 23.1 Å². The van der Waals surface area contributed by atoms with E-state index in [2.05, 4.69) is 5.32 Å². The Balaban J connectivity index is 2.91. The number of carbonyl (C=O) groups excluding carboxylic acids is 1. The Morgan fingerprint density at radius 2 is 1.88 bits per heavy atom. The van der Waals surface area contributed by atoms with Crippen LogP contribution in [-0.2, 0) is 11.0 Å². The summed E-state index contributed by atoms with van der Waals surface area (Å²) in [5, 5.41) is 11.5. The number of anilines is 1. The van der Waals surface area contributed by atoms with Crippen LogP contribution in [0.1, 0.15) is 19.4 Å². The van der Waals surface area contributed by atoms with Crippen LogP contribution in [0.2, 0.25) is 0 Å². The van der Waals surface area contributed by atoms with Gasteiger partial charge in [0.15, 0.2) is 0 Å². The van der Waals surface area contributed by atoms with Gasteiger partial charge in [-0.3, -0.25) is 4.79 Å². The van der Waals surface area contributed by atoms with E-state index < -0.39 is 23.2 Å². The Hall–Kier alpha value is -1.56. The highest BCUT2D eigenvalue weighted by atomic mass is 19.4. The Bertz CT molecular complexity index is 421. The molecule has 0 radical (unpaired) electrons. The molecular formula is C11H12F3NO2. The highest BCUT2D eigenvalue weighted by molar-refractivity contribution is 5.96. The highest BCUT2D eigenvalue weighted by Gasteiger charge is 2.31. The molecule has 1 rings (SSSR count). The zero-order valence-electron chi connectivity index (χ0n) is 9.30. The lowest BCUT2D eigenvalue weighted by Crippen LogP contribution is -2.36. The summed E-state index contributed by atoms with van der Waals surface area (Å²) in [5.74, 6) is -0.767. The molecule has 6 heteroatoms. The molecule has 0 unspecified atom stereocenters. The molecule has 2 N–H and O–H groups in total. The topological polar surface area (TPSA) is 49.3 Å². The monoisotopic (exact) mass is 247 g/mol. The quantitative estimate of drug-likeness (QED) is 0.843. The van der Waals surface area contributed by atoms with Crippen LogP contribution < -0.4 is 5.32 Å². The fourth-order valence-corrected chi connectivity index (χ4v) is 1.06. The summed E-state index contributed by atoms with van der Waals surface area (Å²) < 4.78 is 37.1. The molecule has 0 aromatic heterocycles. The van der Waals surface area contributed by atoms with E-state index in [1.807, 2.05) is 0 Å². The van der Waals surface area contributed by atoms with E-state index in [4.69, 9.17) is 0 Å². The first kappa shape index (κ1) is 13.5. The van der Waals surface area contributed by atoms with Gasteiger partial charge in [0.05, 0.1) is 5.56 Å². The largest absolute Gasteiger partial charge is 0.416 e. The molecule has 3 nitrogen and oxygen atoms in total. The van der Waals surface area contributed by atoms with Crippen molar-refractivity contribution in [2.45, 2.75) is 25.6 Å². The van der Waals surface area contributed by atoms with Crippen molar-refractivity contribution in [3.8, 4) is 0 Å². The summed E-state index contributed by atoms with van der Waals surface area (Å²) in [6.07, 6.45) is -4.46. The third-order valence-electron chi connectivity index (χ3n) is 2.00. The number of carbonyl (C=O) groups is 1. The molecule has 0 aliphatic carbocycles. The number of benzene rings is 1. The number of alkyl halides is 3. The molecule has 1 aromatic rings. The first-order valence-electron chi connectivity index (χ1n) is 4.82. The summed E-state index contributed by atoms with van der Waals surface area (Å²) in [7, 11) is 0. The maximum Gasteiger partial charge on any atom is 0.416 e. The first-order valence-corrected chi connectivity index (χ1v) is 4.82. The van der Waals surface area contributed by atoms with Crippen LogP contribution in [0.5, 0.6) is 0 Å². The first-order chi connectivity index (χ1) is 7.60. The maximum absolute atomic E-state index is 12.4. The predicted molar refractivity (Wildman–Crippen MR) is 56.4 cm³/mol. The smallest absolute Gasteiger partial charge is 0.381 e. The van der Waals surface area contributed by atoms with Crippen molar-refractivity contribution in [2.75, 3.05) is 5.32 Å². The lowest BCUT2D eigenvalue weighted by atomic mass is 10.1. The molecule has 0 saturated heterocycles. The van der Waals surface area contributed by atoms with Crippen LogP contribution in [0.3, 0.4) is 0 Å². The lowest BCUT2D eigenvalue weighted by molar-refractivity contribution is -0.137. The molecule has 0 atom stereocenters. The van der Waals surface area contributed by atoms with Crippen molar-refractivity contribution < 1.29 is 23.1 Å². The third-order valence-corrected chi connectivity index (χ3v) is 2.00. The van der Waals surface area contributed by atoms with E-state index in [1.165, 1.54) is 26.0 Å². The summed E-state index contributed by atoms with van der Waals surface area (Å²) in [4.78, 5) is 11.4. The molecule has 0 aliphatic heterocycles. The Morgan fingerprint density at radius 3 is 2.35 bits per heavy atom. The number of amides is 1. The second-order valence-electron chi connectivity index (χ2n) is 4.09. The highest BCUT2D eigenvalue weighted by Crippen LogP contribution is 2.30. The van der Waals surface area contributed by atoms with Gasteiger partial charge in [-0.25, -0.2) is 0 Å². The average molecular weight is 247 g/mol. The van der Waals surface area contributed by atoms with Crippen molar-refractivity contribution >= 4 is 11.6 Å². The van der Waals surface area contributed by atoms with E-state index in [1.54, 1.807) is 0 Å². The minimum Gasteiger partial charge on any atom is -0.381 e. The third kappa shape index (κ3) is 3.74. The van der Waals surface area contributed by atoms with Gasteiger partial charge in [0.25, 0.3) is 5.91 Å². The van der Waals surface area contributed by atoms with Gasteiger partial charge < -0.3 is 10.4 Å². The number of hydrogen-bond acceptors (Lipinski definition) is 2. The zero-order valence-corrected chi connectivity index (χ0v) is 9.30. The van der Waals surface area contributed by atoms with E-state index >= 15 is 0 Å². The number of halogens is 3. The Kier molecular flexibility index (Phi) is 3.47. The fourth-order valence-electron chi connectivity index (χ4n) is 1.06. The van der Waals surface area contributed by atoms with Gasteiger partial charge >= 0.3 is 6.18 Å². The second kappa shape index (κ2) is 4.37. The molecule has 0 bridgehead atoms. The molecule has 0 saturated carbocycles. The molecule has 0 fully saturated rings. The van der Waals surface area contributed by atoms with Crippen molar-refractivity contribution in [1.82, 2.24) is 0 Å². The van der Waals surface area contributed by atoms with Crippen molar-refractivity contribution in [1.29, 1.82) is 0 Å². The van der Waals surface area contributed by atoms with E-state index in [0.717, 1.165) is 12.1 Å². The molecule has 94 valence electrons. The fraction of sp³-hybridized carbons (Fsp3) is 0.364. The van der Waals surface area contributed by atoms with E-state index in [0.29, 0.717) is 0 Å². The van der Waals surface area contributed by atoms with Crippen LogP contribution in [0.25, 0.3) is 0 Å². The van der Waals surface area contributed by atoms with Crippen LogP contribution in [0.15, 0.2) is 24.3 Å².